The van der Waals surface area contributed by atoms with E-state index in [0.29, 0.717) is 27.9 Å². The normalized spacial score (nSPS) is 11.7. The zero-order valence-corrected chi connectivity index (χ0v) is 16.3. The summed E-state index contributed by atoms with van der Waals surface area (Å²) >= 11 is 1.33. The van der Waals surface area contributed by atoms with Crippen molar-refractivity contribution in [3.05, 3.63) is 47.8 Å². The molecule has 0 saturated heterocycles. The Bertz CT molecular complexity index is 955. The van der Waals surface area contributed by atoms with E-state index < -0.39 is 11.7 Å². The van der Waals surface area contributed by atoms with E-state index in [9.17, 15) is 23.4 Å². The second kappa shape index (κ2) is 8.85. The average molecular weight is 424 g/mol. The molecule has 29 heavy (non-hydrogen) atoms. The Labute approximate surface area is 169 Å². The van der Waals surface area contributed by atoms with Crippen LogP contribution in [0.25, 0.3) is 21.1 Å². The summed E-state index contributed by atoms with van der Waals surface area (Å²) in [6, 6.07) is 6.60. The summed E-state index contributed by atoms with van der Waals surface area (Å²) in [6.07, 6.45) is -2.80. The summed E-state index contributed by atoms with van der Waals surface area (Å²) in [7, 11) is 0. The second-order valence-corrected chi connectivity index (χ2v) is 7.18. The summed E-state index contributed by atoms with van der Waals surface area (Å²) in [4.78, 5) is 15.6. The predicted octanol–water partition coefficient (Wildman–Crippen LogP) is 3.39. The number of hydrogen-bond acceptors (Lipinski definition) is 7. The number of thiazole rings is 1. The maximum Gasteiger partial charge on any atom is 0.416 e. The summed E-state index contributed by atoms with van der Waals surface area (Å²) in [6.45, 7) is 2.15. The fourth-order valence-electron chi connectivity index (χ4n) is 2.74. The third-order valence-electron chi connectivity index (χ3n) is 4.15. The quantitative estimate of drug-likeness (QED) is 0.605. The molecule has 3 aromatic rings. The van der Waals surface area contributed by atoms with Crippen LogP contribution in [0, 0.1) is 6.92 Å². The van der Waals surface area contributed by atoms with Gasteiger partial charge in [0.2, 0.25) is 5.95 Å². The first-order valence-electron chi connectivity index (χ1n) is 8.78. The van der Waals surface area contributed by atoms with E-state index in [1.165, 1.54) is 23.5 Å². The molecular weight excluding hydrogens is 405 g/mol. The van der Waals surface area contributed by atoms with E-state index in [1.54, 1.807) is 24.1 Å². The lowest BCUT2D eigenvalue weighted by Gasteiger charge is -2.20. The van der Waals surface area contributed by atoms with E-state index >= 15 is 0 Å². The molecule has 2 heterocycles. The first-order chi connectivity index (χ1) is 13.8. The Morgan fingerprint density at radius 3 is 2.24 bits per heavy atom. The molecule has 2 aromatic heterocycles. The monoisotopic (exact) mass is 424 g/mol. The van der Waals surface area contributed by atoms with Gasteiger partial charge in [-0.25, -0.2) is 15.0 Å². The summed E-state index contributed by atoms with van der Waals surface area (Å²) < 4.78 is 38.3. The van der Waals surface area contributed by atoms with E-state index in [4.69, 9.17) is 0 Å². The largest absolute Gasteiger partial charge is 0.416 e. The molecular formula is C19H19F3N4O2S. The van der Waals surface area contributed by atoms with Crippen LogP contribution in [-0.2, 0) is 6.18 Å². The van der Waals surface area contributed by atoms with Crippen LogP contribution in [-0.4, -0.2) is 51.5 Å². The van der Waals surface area contributed by atoms with Crippen LogP contribution < -0.4 is 4.90 Å². The van der Waals surface area contributed by atoms with Crippen molar-refractivity contribution in [2.45, 2.75) is 13.1 Å². The van der Waals surface area contributed by atoms with Gasteiger partial charge < -0.3 is 15.1 Å². The zero-order chi connectivity index (χ0) is 21.0. The van der Waals surface area contributed by atoms with Crippen molar-refractivity contribution in [1.82, 2.24) is 15.0 Å². The number of aliphatic hydroxyl groups excluding tert-OH is 2. The van der Waals surface area contributed by atoms with Crippen molar-refractivity contribution in [3.8, 4) is 21.1 Å². The molecule has 0 unspecified atom stereocenters. The van der Waals surface area contributed by atoms with Crippen LogP contribution >= 0.6 is 11.3 Å². The molecule has 0 aliphatic heterocycles. The molecule has 0 saturated carbocycles. The summed E-state index contributed by atoms with van der Waals surface area (Å²) in [5, 5.41) is 19.0. The van der Waals surface area contributed by atoms with Crippen LogP contribution in [0.2, 0.25) is 0 Å². The number of aliphatic hydroxyl groups is 2. The highest BCUT2D eigenvalue weighted by molar-refractivity contribution is 7.18. The molecule has 10 heteroatoms. The van der Waals surface area contributed by atoms with Gasteiger partial charge in [0, 0.05) is 24.8 Å². The highest BCUT2D eigenvalue weighted by atomic mass is 32.1. The molecule has 0 aliphatic rings. The van der Waals surface area contributed by atoms with Crippen molar-refractivity contribution >= 4 is 17.3 Å². The predicted molar refractivity (Wildman–Crippen MR) is 105 cm³/mol. The number of anilines is 1. The second-order valence-electron chi connectivity index (χ2n) is 6.18. The minimum Gasteiger partial charge on any atom is -0.395 e. The molecule has 0 atom stereocenters. The molecule has 2 N–H and O–H groups in total. The van der Waals surface area contributed by atoms with E-state index in [1.807, 2.05) is 0 Å². The average Bonchev–Trinajstić information content (AvgIpc) is 3.09. The van der Waals surface area contributed by atoms with Crippen molar-refractivity contribution in [1.29, 1.82) is 0 Å². The van der Waals surface area contributed by atoms with Gasteiger partial charge in [-0.3, -0.25) is 0 Å². The number of rotatable bonds is 7. The van der Waals surface area contributed by atoms with Crippen molar-refractivity contribution < 1.29 is 23.4 Å². The molecule has 154 valence electrons. The molecule has 6 nitrogen and oxygen atoms in total. The van der Waals surface area contributed by atoms with E-state index in [-0.39, 0.29) is 26.3 Å². The smallest absolute Gasteiger partial charge is 0.395 e. The molecule has 3 rings (SSSR count). The highest BCUT2D eigenvalue weighted by Crippen LogP contribution is 2.36. The van der Waals surface area contributed by atoms with Gasteiger partial charge >= 0.3 is 6.18 Å². The Hall–Kier alpha value is -2.56. The molecule has 0 radical (unpaired) electrons. The van der Waals surface area contributed by atoms with Crippen LogP contribution in [0.1, 0.15) is 11.3 Å². The van der Waals surface area contributed by atoms with E-state index in [0.717, 1.165) is 17.0 Å². The number of benzene rings is 1. The van der Waals surface area contributed by atoms with Crippen LogP contribution in [0.5, 0.6) is 0 Å². The van der Waals surface area contributed by atoms with Gasteiger partial charge in [0.1, 0.15) is 5.01 Å². The first-order valence-corrected chi connectivity index (χ1v) is 9.60. The number of nitrogens with zero attached hydrogens (tertiary/aromatic N) is 4. The topological polar surface area (TPSA) is 82.4 Å². The number of halogens is 3. The van der Waals surface area contributed by atoms with Gasteiger partial charge in [-0.15, -0.1) is 11.3 Å². The number of aromatic nitrogens is 3. The minimum atomic E-state index is -4.38. The molecule has 0 aliphatic carbocycles. The highest BCUT2D eigenvalue weighted by Gasteiger charge is 2.30. The molecule has 1 aromatic carbocycles. The van der Waals surface area contributed by atoms with Crippen LogP contribution in [0.4, 0.5) is 19.1 Å². The van der Waals surface area contributed by atoms with Crippen LogP contribution in [0.15, 0.2) is 36.5 Å². The lowest BCUT2D eigenvalue weighted by molar-refractivity contribution is -0.137. The maximum atomic E-state index is 12.8. The van der Waals surface area contributed by atoms with Crippen molar-refractivity contribution in [3.63, 3.8) is 0 Å². The number of alkyl halides is 3. The van der Waals surface area contributed by atoms with Gasteiger partial charge in [0.05, 0.1) is 35.0 Å². The van der Waals surface area contributed by atoms with Gasteiger partial charge in [-0.1, -0.05) is 12.1 Å². The Kier molecular flexibility index (Phi) is 6.46. The summed E-state index contributed by atoms with van der Waals surface area (Å²) in [5.74, 6) is 0.370. The van der Waals surface area contributed by atoms with E-state index in [2.05, 4.69) is 15.0 Å². The molecule has 0 spiro atoms. The zero-order valence-electron chi connectivity index (χ0n) is 15.5. The maximum absolute atomic E-state index is 12.8. The molecule has 0 bridgehead atoms. The van der Waals surface area contributed by atoms with Gasteiger partial charge in [-0.2, -0.15) is 13.2 Å². The lowest BCUT2D eigenvalue weighted by Crippen LogP contribution is -2.31. The SMILES string of the molecule is Cc1nc(-c2ccc(C(F)(F)F)cc2)sc1-c1ccnc(N(CCO)CCO)n1. The number of hydrogen-bond donors (Lipinski definition) is 2. The molecule has 0 amide bonds. The summed E-state index contributed by atoms with van der Waals surface area (Å²) in [5.41, 5.74) is 1.20. The third-order valence-corrected chi connectivity index (χ3v) is 5.38. The van der Waals surface area contributed by atoms with Crippen LogP contribution in [0.3, 0.4) is 0 Å². The Morgan fingerprint density at radius 1 is 1.00 bits per heavy atom. The first kappa shape index (κ1) is 21.2. The fourth-order valence-corrected chi connectivity index (χ4v) is 3.78. The Balaban J connectivity index is 1.91. The molecule has 0 fully saturated rings. The van der Waals surface area contributed by atoms with Crippen molar-refractivity contribution in [2.24, 2.45) is 0 Å². The minimum absolute atomic E-state index is 0.106. The van der Waals surface area contributed by atoms with Gasteiger partial charge in [0.15, 0.2) is 0 Å². The Morgan fingerprint density at radius 2 is 1.66 bits per heavy atom. The third kappa shape index (κ3) is 4.89. The standard InChI is InChI=1S/C19H19F3N4O2S/c1-12-16(15-6-7-23-18(25-15)26(8-10-27)9-11-28)29-17(24-12)13-2-4-14(5-3-13)19(20,21)22/h2-7,27-28H,8-11H2,1H3. The van der Waals surface area contributed by atoms with Gasteiger partial charge in [-0.05, 0) is 25.1 Å². The number of aryl methyl sites for hydroxylation is 1. The fraction of sp³-hybridized carbons (Fsp3) is 0.316. The van der Waals surface area contributed by atoms with Gasteiger partial charge in [0.25, 0.3) is 0 Å². The van der Waals surface area contributed by atoms with Crippen molar-refractivity contribution in [2.75, 3.05) is 31.2 Å². The lowest BCUT2D eigenvalue weighted by atomic mass is 10.1.